The van der Waals surface area contributed by atoms with Crippen molar-refractivity contribution in [3.8, 4) is 5.75 Å². The van der Waals surface area contributed by atoms with Crippen LogP contribution in [0, 0.1) is 5.41 Å². The van der Waals surface area contributed by atoms with Crippen LogP contribution in [0.1, 0.15) is 17.5 Å². The van der Waals surface area contributed by atoms with E-state index in [1.54, 1.807) is 7.11 Å². The molecule has 0 heterocycles. The number of methoxy groups -OCH3 is 1. The van der Waals surface area contributed by atoms with Gasteiger partial charge in [-0.2, -0.15) is 13.2 Å². The summed E-state index contributed by atoms with van der Waals surface area (Å²) < 4.78 is 48.1. The molecule has 0 aliphatic rings. The third kappa shape index (κ3) is 4.44. The summed E-state index contributed by atoms with van der Waals surface area (Å²) in [4.78, 5) is 0. The van der Waals surface area contributed by atoms with Crippen molar-refractivity contribution in [2.45, 2.75) is 12.6 Å². The number of halogens is 3. The van der Waals surface area contributed by atoms with E-state index in [1.807, 2.05) is 0 Å². The normalized spacial score (nSPS) is 11.4. The maximum Gasteiger partial charge on any atom is 0.417 e. The lowest BCUT2D eigenvalue weighted by molar-refractivity contribution is -0.137. The minimum absolute atomic E-state index is 0.245. The zero-order valence-corrected chi connectivity index (χ0v) is 10.4. The summed E-state index contributed by atoms with van der Waals surface area (Å²) >= 11 is 0. The average molecular weight is 276 g/mol. The molecule has 19 heavy (non-hydrogen) atoms. The van der Waals surface area contributed by atoms with Gasteiger partial charge in [0.25, 0.3) is 0 Å². The van der Waals surface area contributed by atoms with Crippen LogP contribution in [0.25, 0.3) is 0 Å². The lowest BCUT2D eigenvalue weighted by Gasteiger charge is -2.14. The smallest absolute Gasteiger partial charge is 0.417 e. The summed E-state index contributed by atoms with van der Waals surface area (Å²) in [6.45, 7) is 0.816. The van der Waals surface area contributed by atoms with Crippen LogP contribution in [0.5, 0.6) is 5.75 Å². The Bertz CT molecular complexity index is 447. The van der Waals surface area contributed by atoms with Crippen molar-refractivity contribution in [2.75, 3.05) is 20.3 Å². The van der Waals surface area contributed by atoms with Gasteiger partial charge in [-0.05, 0) is 18.2 Å². The van der Waals surface area contributed by atoms with Crippen LogP contribution in [0.2, 0.25) is 0 Å². The highest BCUT2D eigenvalue weighted by molar-refractivity contribution is 5.97. The van der Waals surface area contributed by atoms with Crippen LogP contribution in [0.3, 0.4) is 0 Å². The van der Waals surface area contributed by atoms with Crippen molar-refractivity contribution in [1.82, 2.24) is 0 Å². The predicted molar refractivity (Wildman–Crippen MR) is 64.4 cm³/mol. The van der Waals surface area contributed by atoms with Crippen molar-refractivity contribution in [2.24, 2.45) is 5.73 Å². The first kappa shape index (κ1) is 15.3. The van der Waals surface area contributed by atoms with Gasteiger partial charge in [-0.25, -0.2) is 0 Å². The highest BCUT2D eigenvalue weighted by Crippen LogP contribution is 2.33. The fourth-order valence-electron chi connectivity index (χ4n) is 1.48. The molecule has 1 rings (SSSR count). The van der Waals surface area contributed by atoms with Crippen LogP contribution in [0.4, 0.5) is 13.2 Å². The number of hydrogen-bond donors (Lipinski definition) is 2. The summed E-state index contributed by atoms with van der Waals surface area (Å²) in [6, 6.07) is 3.20. The molecule has 0 aliphatic heterocycles. The minimum atomic E-state index is -4.55. The summed E-state index contributed by atoms with van der Waals surface area (Å²) in [5, 5.41) is 7.20. The molecule has 7 heteroatoms. The molecule has 4 nitrogen and oxygen atoms in total. The van der Waals surface area contributed by atoms with Crippen LogP contribution in [-0.4, -0.2) is 26.2 Å². The van der Waals surface area contributed by atoms with Crippen molar-refractivity contribution in [3.63, 3.8) is 0 Å². The molecule has 1 aromatic rings. The van der Waals surface area contributed by atoms with Crippen molar-refractivity contribution in [1.29, 1.82) is 5.41 Å². The van der Waals surface area contributed by atoms with E-state index in [2.05, 4.69) is 0 Å². The number of hydrogen-bond acceptors (Lipinski definition) is 3. The topological polar surface area (TPSA) is 68.3 Å². The Morgan fingerprint density at radius 2 is 2.00 bits per heavy atom. The molecular weight excluding hydrogens is 261 g/mol. The Labute approximate surface area is 108 Å². The second kappa shape index (κ2) is 6.42. The van der Waals surface area contributed by atoms with E-state index >= 15 is 0 Å². The van der Waals surface area contributed by atoms with Crippen LogP contribution < -0.4 is 10.5 Å². The monoisotopic (exact) mass is 276 g/mol. The van der Waals surface area contributed by atoms with Gasteiger partial charge in [0.15, 0.2) is 0 Å². The Hall–Kier alpha value is -1.76. The maximum atomic E-state index is 12.7. The molecule has 0 saturated carbocycles. The van der Waals surface area contributed by atoms with Gasteiger partial charge in [0.2, 0.25) is 0 Å². The molecule has 1 aromatic carbocycles. The quantitative estimate of drug-likeness (QED) is 0.476. The van der Waals surface area contributed by atoms with Gasteiger partial charge in [0.1, 0.15) is 11.6 Å². The number of benzene rings is 1. The largest absolute Gasteiger partial charge is 0.493 e. The molecule has 106 valence electrons. The number of nitrogen functional groups attached to an aromatic ring is 1. The minimum Gasteiger partial charge on any atom is -0.493 e. The van der Waals surface area contributed by atoms with E-state index < -0.39 is 17.6 Å². The van der Waals surface area contributed by atoms with Crippen molar-refractivity contribution < 1.29 is 22.6 Å². The summed E-state index contributed by atoms with van der Waals surface area (Å²) in [5.41, 5.74) is 3.85. The molecule has 0 spiro atoms. The van der Waals surface area contributed by atoms with Crippen LogP contribution in [-0.2, 0) is 10.9 Å². The van der Waals surface area contributed by atoms with Crippen molar-refractivity contribution in [3.05, 3.63) is 29.3 Å². The lowest BCUT2D eigenvalue weighted by Crippen LogP contribution is -2.19. The Morgan fingerprint density at radius 1 is 1.32 bits per heavy atom. The number of alkyl halides is 3. The van der Waals surface area contributed by atoms with Gasteiger partial charge < -0.3 is 15.2 Å². The zero-order valence-electron chi connectivity index (χ0n) is 10.4. The summed E-state index contributed by atoms with van der Waals surface area (Å²) in [5.74, 6) is -0.399. The average Bonchev–Trinajstić information content (AvgIpc) is 2.33. The van der Waals surface area contributed by atoms with Gasteiger partial charge in [-0.3, -0.25) is 5.41 Å². The maximum absolute atomic E-state index is 12.7. The Balaban J connectivity index is 2.88. The fourth-order valence-corrected chi connectivity index (χ4v) is 1.48. The molecule has 3 N–H and O–H groups in total. The molecule has 0 bridgehead atoms. The van der Waals surface area contributed by atoms with E-state index in [0.717, 1.165) is 12.1 Å². The molecule has 0 saturated heterocycles. The molecule has 0 fully saturated rings. The van der Waals surface area contributed by atoms with E-state index in [-0.39, 0.29) is 11.3 Å². The van der Waals surface area contributed by atoms with Gasteiger partial charge in [0.05, 0.1) is 12.2 Å². The zero-order chi connectivity index (χ0) is 14.5. The fraction of sp³-hybridized carbons (Fsp3) is 0.417. The second-order valence-electron chi connectivity index (χ2n) is 3.81. The third-order valence-electron chi connectivity index (χ3n) is 2.35. The first-order valence-corrected chi connectivity index (χ1v) is 5.53. The number of ether oxygens (including phenoxy) is 2. The lowest BCUT2D eigenvalue weighted by atomic mass is 10.1. The Kier molecular flexibility index (Phi) is 5.17. The summed E-state index contributed by atoms with van der Waals surface area (Å²) in [6.07, 6.45) is -3.93. The van der Waals surface area contributed by atoms with Crippen LogP contribution in [0.15, 0.2) is 18.2 Å². The molecule has 0 radical (unpaired) electrons. The van der Waals surface area contributed by atoms with Gasteiger partial charge in [-0.15, -0.1) is 0 Å². The molecule has 0 aromatic heterocycles. The number of nitrogens with two attached hydrogens (primary N) is 1. The molecular formula is C12H15F3N2O2. The highest BCUT2D eigenvalue weighted by atomic mass is 19.4. The van der Waals surface area contributed by atoms with Gasteiger partial charge in [0, 0.05) is 25.7 Å². The highest BCUT2D eigenvalue weighted by Gasteiger charge is 2.34. The van der Waals surface area contributed by atoms with E-state index in [1.165, 1.54) is 6.07 Å². The Morgan fingerprint density at radius 3 is 2.53 bits per heavy atom. The first-order valence-electron chi connectivity index (χ1n) is 5.53. The van der Waals surface area contributed by atoms with Crippen molar-refractivity contribution >= 4 is 5.84 Å². The third-order valence-corrected chi connectivity index (χ3v) is 2.35. The first-order chi connectivity index (χ1) is 8.86. The van der Waals surface area contributed by atoms with Crippen LogP contribution >= 0.6 is 0 Å². The molecule has 0 atom stereocenters. The second-order valence-corrected chi connectivity index (χ2v) is 3.81. The molecule has 0 amide bonds. The van der Waals surface area contributed by atoms with Gasteiger partial charge in [-0.1, -0.05) is 0 Å². The molecule has 0 aliphatic carbocycles. The standard InChI is InChI=1S/C12H15F3N2O2/c1-18-5-2-6-19-8-3-4-10(12(13,14)15)9(7-8)11(16)17/h3-4,7H,2,5-6H2,1H3,(H3,16,17). The number of nitrogens with one attached hydrogen (secondary N) is 1. The van der Waals surface area contributed by atoms with E-state index in [0.29, 0.717) is 19.6 Å². The summed E-state index contributed by atoms with van der Waals surface area (Å²) in [7, 11) is 1.55. The number of amidine groups is 1. The van der Waals surface area contributed by atoms with E-state index in [9.17, 15) is 13.2 Å². The predicted octanol–water partition coefficient (Wildman–Crippen LogP) is 2.40. The molecule has 0 unspecified atom stereocenters. The van der Waals surface area contributed by atoms with Gasteiger partial charge >= 0.3 is 6.18 Å². The number of rotatable bonds is 6. The SMILES string of the molecule is COCCCOc1ccc(C(F)(F)F)c(C(=N)N)c1. The van der Waals surface area contributed by atoms with E-state index in [4.69, 9.17) is 20.6 Å².